The molecule has 0 aliphatic rings. The van der Waals surface area contributed by atoms with Gasteiger partial charge >= 0.3 is 0 Å². The lowest BCUT2D eigenvalue weighted by Crippen LogP contribution is -2.23. The summed E-state index contributed by atoms with van der Waals surface area (Å²) in [6, 6.07) is 1.90. The summed E-state index contributed by atoms with van der Waals surface area (Å²) in [7, 11) is 1.46. The van der Waals surface area contributed by atoms with Crippen molar-refractivity contribution < 1.29 is 4.79 Å². The molecule has 2 aromatic rings. The Morgan fingerprint density at radius 2 is 2.38 bits per heavy atom. The number of carbonyl (C=O) groups excluding carboxylic acids is 1. The number of fused-ring (bicyclic) bond motifs is 1. The summed E-state index contributed by atoms with van der Waals surface area (Å²) in [6.07, 6.45) is 1.31. The van der Waals surface area contributed by atoms with Crippen molar-refractivity contribution in [2.75, 3.05) is 12.8 Å². The summed E-state index contributed by atoms with van der Waals surface area (Å²) in [5.74, 6) is -0.410. The lowest BCUT2D eigenvalue weighted by molar-refractivity contribution is 0.0957. The Bertz CT molecular complexity index is 609. The Morgan fingerprint density at radius 1 is 1.62 bits per heavy atom. The van der Waals surface area contributed by atoms with Gasteiger partial charge < -0.3 is 11.1 Å². The number of nitriles is 1. The average Bonchev–Trinajstić information content (AvgIpc) is 2.72. The quantitative estimate of drug-likeness (QED) is 0.627. The van der Waals surface area contributed by atoms with Crippen molar-refractivity contribution in [3.8, 4) is 6.07 Å². The number of nitrogens with two attached hydrogens (primary N) is 1. The van der Waals surface area contributed by atoms with E-state index < -0.39 is 5.91 Å². The van der Waals surface area contributed by atoms with Crippen molar-refractivity contribution in [2.24, 2.45) is 0 Å². The van der Waals surface area contributed by atoms with E-state index in [-0.39, 0.29) is 22.7 Å². The van der Waals surface area contributed by atoms with Crippen LogP contribution in [0.3, 0.4) is 0 Å². The second kappa shape index (κ2) is 3.47. The van der Waals surface area contributed by atoms with E-state index in [1.54, 1.807) is 0 Å². The second-order valence-electron chi connectivity index (χ2n) is 2.92. The molecule has 3 N–H and O–H groups in total. The van der Waals surface area contributed by atoms with Gasteiger partial charge in [-0.05, 0) is 0 Å². The van der Waals surface area contributed by atoms with Crippen LogP contribution in [0.4, 0.5) is 5.82 Å². The topological polar surface area (TPSA) is 122 Å². The fourth-order valence-corrected chi connectivity index (χ4v) is 1.22. The number of nitrogen functional groups attached to an aromatic ring is 1. The molecule has 0 aromatic carbocycles. The third-order valence-corrected chi connectivity index (χ3v) is 2.02. The van der Waals surface area contributed by atoms with Gasteiger partial charge in [0.05, 0.1) is 6.20 Å². The lowest BCUT2D eigenvalue weighted by atomic mass is 10.3. The zero-order valence-electron chi connectivity index (χ0n) is 8.30. The molecule has 0 radical (unpaired) electrons. The second-order valence-corrected chi connectivity index (χ2v) is 2.92. The zero-order valence-corrected chi connectivity index (χ0v) is 8.30. The van der Waals surface area contributed by atoms with Gasteiger partial charge in [-0.25, -0.2) is 0 Å². The summed E-state index contributed by atoms with van der Waals surface area (Å²) in [5, 5.41) is 22.4. The van der Waals surface area contributed by atoms with Gasteiger partial charge in [-0.1, -0.05) is 0 Å². The predicted octanol–water partition coefficient (Wildman–Crippen LogP) is -1.06. The van der Waals surface area contributed by atoms with Crippen LogP contribution in [0.1, 0.15) is 16.1 Å². The monoisotopic (exact) mass is 217 g/mol. The Balaban J connectivity index is 2.72. The van der Waals surface area contributed by atoms with E-state index >= 15 is 0 Å². The summed E-state index contributed by atoms with van der Waals surface area (Å²) < 4.78 is 1.20. The Morgan fingerprint density at radius 3 is 3.00 bits per heavy atom. The van der Waals surface area contributed by atoms with Crippen LogP contribution in [0.25, 0.3) is 5.65 Å². The largest absolute Gasteiger partial charge is 0.382 e. The first-order chi connectivity index (χ1) is 7.69. The molecule has 16 heavy (non-hydrogen) atoms. The maximum atomic E-state index is 11.4. The van der Waals surface area contributed by atoms with E-state index in [4.69, 9.17) is 11.0 Å². The summed E-state index contributed by atoms with van der Waals surface area (Å²) >= 11 is 0. The smallest absolute Gasteiger partial charge is 0.275 e. The number of nitrogens with one attached hydrogen (secondary N) is 1. The van der Waals surface area contributed by atoms with Crippen LogP contribution in [-0.4, -0.2) is 32.8 Å². The summed E-state index contributed by atoms with van der Waals surface area (Å²) in [6.45, 7) is 0. The molecular weight excluding hydrogens is 210 g/mol. The SMILES string of the molecule is CNC(=O)c1nnc2c(C#N)cnn2c1N. The van der Waals surface area contributed by atoms with Crippen LogP contribution in [0.5, 0.6) is 0 Å². The molecule has 0 fully saturated rings. The van der Waals surface area contributed by atoms with Crippen LogP contribution in [0.2, 0.25) is 0 Å². The molecule has 0 aliphatic carbocycles. The Hall–Kier alpha value is -2.69. The van der Waals surface area contributed by atoms with Crippen LogP contribution in [-0.2, 0) is 0 Å². The van der Waals surface area contributed by atoms with Crippen molar-refractivity contribution in [1.29, 1.82) is 5.26 Å². The molecule has 0 saturated carbocycles. The highest BCUT2D eigenvalue weighted by Gasteiger charge is 2.16. The standard InChI is InChI=1S/C8H7N7O/c1-11-8(16)5-6(10)15-7(14-13-5)4(2-9)3-12-15/h3H,10H2,1H3,(H,11,16). The molecule has 0 aliphatic heterocycles. The van der Waals surface area contributed by atoms with Crippen molar-refractivity contribution in [2.45, 2.75) is 0 Å². The first kappa shape index (κ1) is 9.85. The van der Waals surface area contributed by atoms with Crippen LogP contribution >= 0.6 is 0 Å². The molecule has 0 bridgehead atoms. The number of amides is 1. The highest BCUT2D eigenvalue weighted by atomic mass is 16.1. The Kier molecular flexibility index (Phi) is 2.13. The molecule has 0 unspecified atom stereocenters. The van der Waals surface area contributed by atoms with Crippen molar-refractivity contribution in [1.82, 2.24) is 25.1 Å². The van der Waals surface area contributed by atoms with Crippen molar-refractivity contribution in [3.05, 3.63) is 17.5 Å². The summed E-state index contributed by atoms with van der Waals surface area (Å²) in [4.78, 5) is 11.4. The number of aromatic nitrogens is 4. The number of anilines is 1. The number of hydrogen-bond donors (Lipinski definition) is 2. The predicted molar refractivity (Wildman–Crippen MR) is 53.3 cm³/mol. The average molecular weight is 217 g/mol. The van der Waals surface area contributed by atoms with Crippen LogP contribution < -0.4 is 11.1 Å². The molecule has 8 nitrogen and oxygen atoms in total. The molecule has 2 aromatic heterocycles. The fraction of sp³-hybridized carbons (Fsp3) is 0.125. The molecule has 2 heterocycles. The van der Waals surface area contributed by atoms with Gasteiger partial charge in [-0.15, -0.1) is 10.2 Å². The molecule has 1 amide bonds. The van der Waals surface area contributed by atoms with Crippen molar-refractivity contribution >= 4 is 17.4 Å². The first-order valence-electron chi connectivity index (χ1n) is 4.31. The molecule has 0 spiro atoms. The fourth-order valence-electron chi connectivity index (χ4n) is 1.22. The first-order valence-corrected chi connectivity index (χ1v) is 4.31. The van der Waals surface area contributed by atoms with Gasteiger partial charge in [0, 0.05) is 7.05 Å². The third-order valence-electron chi connectivity index (χ3n) is 2.02. The molecule has 0 atom stereocenters. The highest BCUT2D eigenvalue weighted by Crippen LogP contribution is 2.12. The van der Waals surface area contributed by atoms with E-state index in [0.29, 0.717) is 0 Å². The van der Waals surface area contributed by atoms with Crippen LogP contribution in [0, 0.1) is 11.3 Å². The third kappa shape index (κ3) is 1.23. The number of hydrogen-bond acceptors (Lipinski definition) is 6. The van der Waals surface area contributed by atoms with Gasteiger partial charge in [-0.3, -0.25) is 4.79 Å². The highest BCUT2D eigenvalue weighted by molar-refractivity contribution is 5.96. The molecule has 0 saturated heterocycles. The van der Waals surface area contributed by atoms with Gasteiger partial charge in [0.25, 0.3) is 5.91 Å². The zero-order chi connectivity index (χ0) is 11.7. The van der Waals surface area contributed by atoms with Gasteiger partial charge in [0.2, 0.25) is 0 Å². The molecule has 80 valence electrons. The van der Waals surface area contributed by atoms with Crippen LogP contribution in [0.15, 0.2) is 6.20 Å². The van der Waals surface area contributed by atoms with E-state index in [1.165, 1.54) is 17.8 Å². The molecular formula is C8H7N7O. The molecule has 8 heteroatoms. The minimum Gasteiger partial charge on any atom is -0.382 e. The van der Waals surface area contributed by atoms with Gasteiger partial charge in [0.1, 0.15) is 11.6 Å². The van der Waals surface area contributed by atoms with Crippen molar-refractivity contribution in [3.63, 3.8) is 0 Å². The number of carbonyl (C=O) groups is 1. The Labute approximate surface area is 89.7 Å². The van der Waals surface area contributed by atoms with E-state index in [2.05, 4.69) is 20.6 Å². The normalized spacial score (nSPS) is 10.0. The maximum Gasteiger partial charge on any atom is 0.275 e. The minimum absolute atomic E-state index is 0.0254. The van der Waals surface area contributed by atoms with Gasteiger partial charge in [0.15, 0.2) is 17.2 Å². The number of rotatable bonds is 1. The summed E-state index contributed by atoms with van der Waals surface area (Å²) in [5.41, 5.74) is 6.15. The van der Waals surface area contributed by atoms with E-state index in [0.717, 1.165) is 0 Å². The van der Waals surface area contributed by atoms with E-state index in [9.17, 15) is 4.79 Å². The maximum absolute atomic E-state index is 11.4. The van der Waals surface area contributed by atoms with Gasteiger partial charge in [-0.2, -0.15) is 14.9 Å². The van der Waals surface area contributed by atoms with E-state index in [1.807, 2.05) is 6.07 Å². The minimum atomic E-state index is -0.457. The number of nitrogens with zero attached hydrogens (tertiary/aromatic N) is 5. The molecule has 2 rings (SSSR count). The lowest BCUT2D eigenvalue weighted by Gasteiger charge is -2.03.